The van der Waals surface area contributed by atoms with Crippen molar-refractivity contribution in [1.29, 1.82) is 0 Å². The molecule has 0 saturated heterocycles. The van der Waals surface area contributed by atoms with Gasteiger partial charge in [-0.3, -0.25) is 9.13 Å². The van der Waals surface area contributed by atoms with Crippen LogP contribution in [0.5, 0.6) is 0 Å². The Morgan fingerprint density at radius 1 is 1.30 bits per heavy atom. The van der Waals surface area contributed by atoms with E-state index < -0.39 is 0 Å². The van der Waals surface area contributed by atoms with E-state index in [0.29, 0.717) is 12.0 Å². The van der Waals surface area contributed by atoms with E-state index in [1.807, 2.05) is 11.6 Å². The van der Waals surface area contributed by atoms with E-state index in [2.05, 4.69) is 41.9 Å². The van der Waals surface area contributed by atoms with Crippen LogP contribution in [-0.4, -0.2) is 9.13 Å². The van der Waals surface area contributed by atoms with Crippen molar-refractivity contribution >= 4 is 27.0 Å². The first-order valence-electron chi connectivity index (χ1n) is 7.36. The SMILES string of the molecule is Cc1cc(Br)c2c(c1)n([C@@H]1CCC[C@H](C)C1)c(=O)n2C. The summed E-state index contributed by atoms with van der Waals surface area (Å²) < 4.78 is 4.82. The lowest BCUT2D eigenvalue weighted by Crippen LogP contribution is -2.29. The van der Waals surface area contributed by atoms with Gasteiger partial charge in [0.25, 0.3) is 0 Å². The Balaban J connectivity index is 2.25. The number of hydrogen-bond acceptors (Lipinski definition) is 1. The van der Waals surface area contributed by atoms with Crippen LogP contribution in [0.15, 0.2) is 21.4 Å². The van der Waals surface area contributed by atoms with E-state index in [9.17, 15) is 4.79 Å². The van der Waals surface area contributed by atoms with Crippen LogP contribution in [0.2, 0.25) is 0 Å². The minimum atomic E-state index is 0.116. The fourth-order valence-corrected chi connectivity index (χ4v) is 4.41. The Morgan fingerprint density at radius 3 is 2.75 bits per heavy atom. The van der Waals surface area contributed by atoms with Gasteiger partial charge in [-0.25, -0.2) is 4.79 Å². The highest BCUT2D eigenvalue weighted by molar-refractivity contribution is 9.10. The predicted octanol–water partition coefficient (Wildman–Crippen LogP) is 4.16. The number of rotatable bonds is 1. The molecule has 0 amide bonds. The van der Waals surface area contributed by atoms with Crippen molar-refractivity contribution in [3.63, 3.8) is 0 Å². The van der Waals surface area contributed by atoms with Gasteiger partial charge in [0.2, 0.25) is 0 Å². The number of imidazole rings is 1. The fourth-order valence-electron chi connectivity index (χ4n) is 3.58. The van der Waals surface area contributed by atoms with E-state index in [0.717, 1.165) is 28.3 Å². The minimum absolute atomic E-state index is 0.116. The van der Waals surface area contributed by atoms with Crippen LogP contribution in [0.3, 0.4) is 0 Å². The Hall–Kier alpha value is -1.03. The first-order chi connectivity index (χ1) is 9.49. The molecule has 1 saturated carbocycles. The average Bonchev–Trinajstić information content (AvgIpc) is 2.61. The molecule has 1 fully saturated rings. The molecule has 2 aromatic rings. The molecule has 1 heterocycles. The highest BCUT2D eigenvalue weighted by Crippen LogP contribution is 2.34. The third kappa shape index (κ3) is 2.14. The topological polar surface area (TPSA) is 26.9 Å². The van der Waals surface area contributed by atoms with Gasteiger partial charge < -0.3 is 0 Å². The third-order valence-corrected chi connectivity index (χ3v) is 5.15. The summed E-state index contributed by atoms with van der Waals surface area (Å²) in [6.07, 6.45) is 4.75. The van der Waals surface area contributed by atoms with Gasteiger partial charge in [0, 0.05) is 17.6 Å². The summed E-state index contributed by atoms with van der Waals surface area (Å²) in [6.45, 7) is 4.37. The standard InChI is InChI=1S/C16H21BrN2O/c1-10-5-4-6-12(7-10)19-14-9-11(2)8-13(17)15(14)18(3)16(19)20/h8-10,12H,4-7H2,1-3H3/t10-,12+/m0/s1. The Kier molecular flexibility index (Phi) is 3.53. The molecular formula is C16H21BrN2O. The monoisotopic (exact) mass is 336 g/mol. The largest absolute Gasteiger partial charge is 0.329 e. The van der Waals surface area contributed by atoms with Gasteiger partial charge in [-0.05, 0) is 59.3 Å². The molecule has 0 aliphatic heterocycles. The summed E-state index contributed by atoms with van der Waals surface area (Å²) in [5, 5.41) is 0. The number of halogens is 1. The molecule has 0 N–H and O–H groups in total. The van der Waals surface area contributed by atoms with E-state index >= 15 is 0 Å². The molecule has 0 spiro atoms. The molecule has 0 radical (unpaired) electrons. The molecule has 0 bridgehead atoms. The molecule has 0 unspecified atom stereocenters. The second kappa shape index (κ2) is 5.06. The zero-order chi connectivity index (χ0) is 14.4. The Labute approximate surface area is 127 Å². The number of hydrogen-bond donors (Lipinski definition) is 0. The summed E-state index contributed by atoms with van der Waals surface area (Å²) in [5.41, 5.74) is 3.39. The van der Waals surface area contributed by atoms with Crippen LogP contribution in [0.25, 0.3) is 11.0 Å². The van der Waals surface area contributed by atoms with Crippen LogP contribution in [0.4, 0.5) is 0 Å². The van der Waals surface area contributed by atoms with Crippen LogP contribution >= 0.6 is 15.9 Å². The molecule has 2 atom stereocenters. The summed E-state index contributed by atoms with van der Waals surface area (Å²) in [6, 6.07) is 4.57. The lowest BCUT2D eigenvalue weighted by atomic mass is 9.87. The molecule has 3 nitrogen and oxygen atoms in total. The van der Waals surface area contributed by atoms with Gasteiger partial charge >= 0.3 is 5.69 Å². The summed E-state index contributed by atoms with van der Waals surface area (Å²) in [4.78, 5) is 12.7. The second-order valence-corrected chi connectivity index (χ2v) is 7.11. The Bertz CT molecular complexity index is 713. The van der Waals surface area contributed by atoms with Gasteiger partial charge in [-0.15, -0.1) is 0 Å². The van der Waals surface area contributed by atoms with Gasteiger partial charge in [-0.1, -0.05) is 19.8 Å². The average molecular weight is 337 g/mol. The highest BCUT2D eigenvalue weighted by atomic mass is 79.9. The van der Waals surface area contributed by atoms with Crippen LogP contribution in [0, 0.1) is 12.8 Å². The van der Waals surface area contributed by atoms with Gasteiger partial charge in [0.1, 0.15) is 0 Å². The predicted molar refractivity (Wildman–Crippen MR) is 86.3 cm³/mol. The summed E-state index contributed by atoms with van der Waals surface area (Å²) in [5.74, 6) is 0.712. The van der Waals surface area contributed by atoms with Crippen molar-refractivity contribution in [3.8, 4) is 0 Å². The Morgan fingerprint density at radius 2 is 2.05 bits per heavy atom. The van der Waals surface area contributed by atoms with Gasteiger partial charge in [0.15, 0.2) is 0 Å². The minimum Gasteiger partial charge on any atom is -0.294 e. The van der Waals surface area contributed by atoms with Crippen LogP contribution in [0.1, 0.15) is 44.2 Å². The second-order valence-electron chi connectivity index (χ2n) is 6.25. The van der Waals surface area contributed by atoms with Crippen molar-refractivity contribution in [2.45, 2.75) is 45.6 Å². The number of nitrogens with zero attached hydrogens (tertiary/aromatic N) is 2. The molecule has 1 aromatic carbocycles. The molecular weight excluding hydrogens is 316 g/mol. The smallest absolute Gasteiger partial charge is 0.294 e. The summed E-state index contributed by atoms with van der Waals surface area (Å²) >= 11 is 3.61. The first kappa shape index (κ1) is 13.9. The maximum absolute atomic E-state index is 12.7. The normalized spacial score (nSPS) is 23.4. The van der Waals surface area contributed by atoms with Gasteiger partial charge in [0.05, 0.1) is 11.0 Å². The van der Waals surface area contributed by atoms with E-state index in [-0.39, 0.29) is 5.69 Å². The molecule has 1 aromatic heterocycles. The maximum atomic E-state index is 12.7. The molecule has 108 valence electrons. The number of fused-ring (bicyclic) bond motifs is 1. The van der Waals surface area contributed by atoms with Crippen molar-refractivity contribution in [3.05, 3.63) is 32.7 Å². The molecule has 1 aliphatic rings. The third-order valence-electron chi connectivity index (χ3n) is 4.55. The van der Waals surface area contributed by atoms with Crippen LogP contribution < -0.4 is 5.69 Å². The molecule has 20 heavy (non-hydrogen) atoms. The lowest BCUT2D eigenvalue weighted by molar-refractivity contribution is 0.281. The van der Waals surface area contributed by atoms with Crippen LogP contribution in [-0.2, 0) is 7.05 Å². The number of aryl methyl sites for hydroxylation is 2. The molecule has 3 rings (SSSR count). The van der Waals surface area contributed by atoms with Crippen molar-refractivity contribution in [1.82, 2.24) is 9.13 Å². The molecule has 4 heteroatoms. The maximum Gasteiger partial charge on any atom is 0.329 e. The molecule has 1 aliphatic carbocycles. The zero-order valence-electron chi connectivity index (χ0n) is 12.3. The highest BCUT2D eigenvalue weighted by Gasteiger charge is 2.25. The quantitative estimate of drug-likeness (QED) is 0.767. The van der Waals surface area contributed by atoms with E-state index in [1.54, 1.807) is 4.57 Å². The van der Waals surface area contributed by atoms with Crippen molar-refractivity contribution in [2.75, 3.05) is 0 Å². The van der Waals surface area contributed by atoms with Crippen molar-refractivity contribution < 1.29 is 0 Å². The van der Waals surface area contributed by atoms with Crippen molar-refractivity contribution in [2.24, 2.45) is 13.0 Å². The van der Waals surface area contributed by atoms with E-state index in [1.165, 1.54) is 18.4 Å². The number of aromatic nitrogens is 2. The lowest BCUT2D eigenvalue weighted by Gasteiger charge is -2.27. The number of benzene rings is 1. The fraction of sp³-hybridized carbons (Fsp3) is 0.562. The summed E-state index contributed by atoms with van der Waals surface area (Å²) in [7, 11) is 1.87. The van der Waals surface area contributed by atoms with Gasteiger partial charge in [-0.2, -0.15) is 0 Å². The van der Waals surface area contributed by atoms with E-state index in [4.69, 9.17) is 0 Å². The first-order valence-corrected chi connectivity index (χ1v) is 8.15. The zero-order valence-corrected chi connectivity index (χ0v) is 13.9.